The fraction of sp³-hybridized carbons (Fsp3) is 0.529. The molecule has 25 heavy (non-hydrogen) atoms. The number of halogens is 2. The second-order valence-electron chi connectivity index (χ2n) is 6.26. The molecule has 2 saturated heterocycles. The molecule has 1 aromatic carbocycles. The van der Waals surface area contributed by atoms with Crippen LogP contribution in [0.3, 0.4) is 0 Å². The van der Waals surface area contributed by atoms with Crippen LogP contribution in [-0.2, 0) is 9.59 Å². The van der Waals surface area contributed by atoms with Gasteiger partial charge in [0.15, 0.2) is 6.61 Å². The minimum absolute atomic E-state index is 0.0415. The number of rotatable bonds is 4. The summed E-state index contributed by atoms with van der Waals surface area (Å²) in [7, 11) is 0. The molecule has 1 atom stereocenters. The molecule has 2 aliphatic rings. The third-order valence-corrected chi connectivity index (χ3v) is 4.86. The van der Waals surface area contributed by atoms with Gasteiger partial charge in [0, 0.05) is 38.3 Å². The van der Waals surface area contributed by atoms with Crippen LogP contribution < -0.4 is 10.1 Å². The summed E-state index contributed by atoms with van der Waals surface area (Å²) in [6.07, 6.45) is 1.76. The summed E-state index contributed by atoms with van der Waals surface area (Å²) in [5.74, 6) is -0.235. The number of amides is 2. The summed E-state index contributed by atoms with van der Waals surface area (Å²) in [5.41, 5.74) is 0. The highest BCUT2D eigenvalue weighted by atomic mass is 35.5. The molecule has 2 aliphatic heterocycles. The smallest absolute Gasteiger partial charge is 0.260 e. The molecular weight excluding hydrogens is 349 g/mol. The molecule has 6 nitrogen and oxygen atoms in total. The zero-order chi connectivity index (χ0) is 17.8. The van der Waals surface area contributed by atoms with Crippen molar-refractivity contribution in [1.82, 2.24) is 15.1 Å². The van der Waals surface area contributed by atoms with E-state index in [2.05, 4.69) is 5.32 Å². The van der Waals surface area contributed by atoms with Crippen molar-refractivity contribution in [3.05, 3.63) is 29.0 Å². The van der Waals surface area contributed by atoms with Crippen molar-refractivity contribution >= 4 is 23.4 Å². The van der Waals surface area contributed by atoms with Crippen LogP contribution in [-0.4, -0.2) is 67.0 Å². The first-order valence-corrected chi connectivity index (χ1v) is 8.78. The Bertz CT molecular complexity index is 658. The Morgan fingerprint density at radius 1 is 1.40 bits per heavy atom. The first-order chi connectivity index (χ1) is 12.0. The number of piperazine rings is 1. The zero-order valence-corrected chi connectivity index (χ0v) is 14.6. The second-order valence-corrected chi connectivity index (χ2v) is 6.67. The number of nitrogens with zero attached hydrogens (tertiary/aromatic N) is 2. The number of nitrogens with one attached hydrogen (secondary N) is 1. The third kappa shape index (κ3) is 4.41. The SMILES string of the molecule is O=C(COc1ccc(F)c(Cl)c1)N1CCCC(N2CCNCC2=O)C1. The number of ether oxygens (including phenoxy) is 1. The Morgan fingerprint density at radius 2 is 2.24 bits per heavy atom. The van der Waals surface area contributed by atoms with Crippen LogP contribution in [0.15, 0.2) is 18.2 Å². The zero-order valence-electron chi connectivity index (χ0n) is 13.8. The van der Waals surface area contributed by atoms with Crippen molar-refractivity contribution in [2.45, 2.75) is 18.9 Å². The fourth-order valence-electron chi connectivity index (χ4n) is 3.25. The quantitative estimate of drug-likeness (QED) is 0.868. The maximum Gasteiger partial charge on any atom is 0.260 e. The van der Waals surface area contributed by atoms with E-state index in [1.54, 1.807) is 4.90 Å². The summed E-state index contributed by atoms with van der Waals surface area (Å²) >= 11 is 5.70. The molecule has 1 unspecified atom stereocenters. The van der Waals surface area contributed by atoms with Crippen LogP contribution in [0.5, 0.6) is 5.75 Å². The first kappa shape index (κ1) is 17.9. The number of benzene rings is 1. The van der Waals surface area contributed by atoms with Crippen LogP contribution in [0.25, 0.3) is 0 Å². The molecule has 2 fully saturated rings. The Labute approximate surface area is 150 Å². The number of carbonyl (C=O) groups excluding carboxylic acids is 2. The molecule has 0 radical (unpaired) electrons. The number of likely N-dealkylation sites (tertiary alicyclic amines) is 1. The van der Waals surface area contributed by atoms with Gasteiger partial charge in [0.1, 0.15) is 11.6 Å². The normalized spacial score (nSPS) is 21.4. The minimum atomic E-state index is -0.528. The van der Waals surface area contributed by atoms with E-state index in [4.69, 9.17) is 16.3 Å². The van der Waals surface area contributed by atoms with Gasteiger partial charge in [0.2, 0.25) is 5.91 Å². The molecule has 0 aromatic heterocycles. The van der Waals surface area contributed by atoms with Crippen molar-refractivity contribution in [3.63, 3.8) is 0 Å². The largest absolute Gasteiger partial charge is 0.484 e. The number of carbonyl (C=O) groups is 2. The molecule has 0 aliphatic carbocycles. The van der Waals surface area contributed by atoms with Gasteiger partial charge in [-0.1, -0.05) is 11.6 Å². The summed E-state index contributed by atoms with van der Waals surface area (Å²) < 4.78 is 18.6. The van der Waals surface area contributed by atoms with E-state index in [0.29, 0.717) is 31.9 Å². The highest BCUT2D eigenvalue weighted by molar-refractivity contribution is 6.30. The van der Waals surface area contributed by atoms with Gasteiger partial charge in [-0.15, -0.1) is 0 Å². The monoisotopic (exact) mass is 369 g/mol. The van der Waals surface area contributed by atoms with Gasteiger partial charge in [0.25, 0.3) is 5.91 Å². The van der Waals surface area contributed by atoms with Crippen molar-refractivity contribution in [2.24, 2.45) is 0 Å². The molecule has 0 saturated carbocycles. The minimum Gasteiger partial charge on any atom is -0.484 e. The van der Waals surface area contributed by atoms with E-state index in [1.807, 2.05) is 4.90 Å². The molecule has 1 N–H and O–H groups in total. The standard InChI is InChI=1S/C17H21ClFN3O3/c18-14-8-13(3-4-15(14)19)25-11-17(24)21-6-1-2-12(10-21)22-7-5-20-9-16(22)23/h3-4,8,12,20H,1-2,5-7,9-11H2. The summed E-state index contributed by atoms with van der Waals surface area (Å²) in [5, 5.41) is 3.01. The van der Waals surface area contributed by atoms with Crippen molar-refractivity contribution < 1.29 is 18.7 Å². The predicted molar refractivity (Wildman–Crippen MR) is 91.1 cm³/mol. The molecule has 8 heteroatoms. The van der Waals surface area contributed by atoms with Gasteiger partial charge in [-0.2, -0.15) is 0 Å². The van der Waals surface area contributed by atoms with Crippen molar-refractivity contribution in [2.75, 3.05) is 39.3 Å². The molecule has 1 aromatic rings. The van der Waals surface area contributed by atoms with E-state index in [9.17, 15) is 14.0 Å². The maximum absolute atomic E-state index is 13.1. The van der Waals surface area contributed by atoms with Gasteiger partial charge in [-0.3, -0.25) is 9.59 Å². The molecule has 2 amide bonds. The average Bonchev–Trinajstić information content (AvgIpc) is 2.63. The van der Waals surface area contributed by atoms with Crippen molar-refractivity contribution in [3.8, 4) is 5.75 Å². The second kappa shape index (κ2) is 8.01. The van der Waals surface area contributed by atoms with Gasteiger partial charge in [-0.05, 0) is 25.0 Å². The molecule has 0 bridgehead atoms. The highest BCUT2D eigenvalue weighted by Crippen LogP contribution is 2.22. The van der Waals surface area contributed by atoms with Crippen LogP contribution in [0.4, 0.5) is 4.39 Å². The number of piperidine rings is 1. The summed E-state index contributed by atoms with van der Waals surface area (Å²) in [4.78, 5) is 28.0. The predicted octanol–water partition coefficient (Wildman–Crippen LogP) is 1.28. The Kier molecular flexibility index (Phi) is 5.75. The Morgan fingerprint density at radius 3 is 3.00 bits per heavy atom. The summed E-state index contributed by atoms with van der Waals surface area (Å²) in [6, 6.07) is 4.05. The molecule has 2 heterocycles. The molecule has 0 spiro atoms. The van der Waals surface area contributed by atoms with Crippen LogP contribution >= 0.6 is 11.6 Å². The van der Waals surface area contributed by atoms with E-state index in [-0.39, 0.29) is 29.5 Å². The van der Waals surface area contributed by atoms with Crippen LogP contribution in [0.1, 0.15) is 12.8 Å². The lowest BCUT2D eigenvalue weighted by molar-refractivity contribution is -0.141. The van der Waals surface area contributed by atoms with Crippen LogP contribution in [0.2, 0.25) is 5.02 Å². The highest BCUT2D eigenvalue weighted by Gasteiger charge is 2.31. The van der Waals surface area contributed by atoms with Gasteiger partial charge >= 0.3 is 0 Å². The third-order valence-electron chi connectivity index (χ3n) is 4.57. The summed E-state index contributed by atoms with van der Waals surface area (Å²) in [6.45, 7) is 2.87. The van der Waals surface area contributed by atoms with E-state index in [1.165, 1.54) is 18.2 Å². The van der Waals surface area contributed by atoms with Gasteiger partial charge in [0.05, 0.1) is 11.6 Å². The molecule has 136 valence electrons. The lowest BCUT2D eigenvalue weighted by Gasteiger charge is -2.41. The maximum atomic E-state index is 13.1. The topological polar surface area (TPSA) is 61.9 Å². The number of hydrogen-bond acceptors (Lipinski definition) is 4. The molecule has 3 rings (SSSR count). The number of hydrogen-bond donors (Lipinski definition) is 1. The van der Waals surface area contributed by atoms with Gasteiger partial charge < -0.3 is 19.9 Å². The Balaban J connectivity index is 1.54. The van der Waals surface area contributed by atoms with Crippen LogP contribution in [0, 0.1) is 5.82 Å². The van der Waals surface area contributed by atoms with E-state index in [0.717, 1.165) is 19.4 Å². The van der Waals surface area contributed by atoms with E-state index < -0.39 is 5.82 Å². The van der Waals surface area contributed by atoms with Gasteiger partial charge in [-0.25, -0.2) is 4.39 Å². The average molecular weight is 370 g/mol. The Hall–Kier alpha value is -1.86. The lowest BCUT2D eigenvalue weighted by Crippen LogP contribution is -2.57. The van der Waals surface area contributed by atoms with E-state index >= 15 is 0 Å². The lowest BCUT2D eigenvalue weighted by atomic mass is 10.0. The van der Waals surface area contributed by atoms with Crippen molar-refractivity contribution in [1.29, 1.82) is 0 Å². The molecular formula is C17H21ClFN3O3. The first-order valence-electron chi connectivity index (χ1n) is 8.40. The fourth-order valence-corrected chi connectivity index (χ4v) is 3.42.